The second kappa shape index (κ2) is 7.12. The highest BCUT2D eigenvalue weighted by atomic mass is 16.6. The standard InChI is InChI=1S/C19H28N2O4/c1-19(2,3)25-18(22)20-9-7-15(12-20)21-13-24-10-8-14-5-6-16(23-4)11-17(14)21/h5-6,11,15H,7-10,12-13H2,1-4H3/t15-/m0/s1. The second-order valence-electron chi connectivity index (χ2n) is 7.62. The van der Waals surface area contributed by atoms with E-state index in [4.69, 9.17) is 14.2 Å². The van der Waals surface area contributed by atoms with Crippen molar-refractivity contribution in [3.05, 3.63) is 23.8 Å². The maximum absolute atomic E-state index is 12.3. The predicted molar refractivity (Wildman–Crippen MR) is 96.2 cm³/mol. The largest absolute Gasteiger partial charge is 0.497 e. The van der Waals surface area contributed by atoms with Gasteiger partial charge in [0.2, 0.25) is 0 Å². The molecular weight excluding hydrogens is 320 g/mol. The lowest BCUT2D eigenvalue weighted by Crippen LogP contribution is -2.41. The predicted octanol–water partition coefficient (Wildman–Crippen LogP) is 3.04. The second-order valence-corrected chi connectivity index (χ2v) is 7.62. The van der Waals surface area contributed by atoms with Crippen LogP contribution in [0.25, 0.3) is 0 Å². The van der Waals surface area contributed by atoms with E-state index in [1.54, 1.807) is 12.0 Å². The number of amides is 1. The maximum atomic E-state index is 12.3. The molecule has 0 unspecified atom stereocenters. The molecule has 0 saturated carbocycles. The SMILES string of the molecule is COc1ccc2c(c1)N([C@H]1CCN(C(=O)OC(C)(C)C)C1)COCC2. The molecule has 2 heterocycles. The number of fused-ring (bicyclic) bond motifs is 1. The summed E-state index contributed by atoms with van der Waals surface area (Å²) < 4.78 is 16.7. The third-order valence-electron chi connectivity index (χ3n) is 4.60. The zero-order chi connectivity index (χ0) is 18.0. The van der Waals surface area contributed by atoms with Crippen molar-refractivity contribution in [2.75, 3.05) is 38.4 Å². The summed E-state index contributed by atoms with van der Waals surface area (Å²) in [6, 6.07) is 6.39. The molecule has 0 aromatic heterocycles. The van der Waals surface area contributed by atoms with E-state index in [1.807, 2.05) is 26.8 Å². The van der Waals surface area contributed by atoms with Gasteiger partial charge in [-0.1, -0.05) is 6.07 Å². The molecule has 1 fully saturated rings. The van der Waals surface area contributed by atoms with Crippen molar-refractivity contribution in [1.29, 1.82) is 0 Å². The normalized spacial score (nSPS) is 20.9. The van der Waals surface area contributed by atoms with Crippen molar-refractivity contribution in [2.45, 2.75) is 45.3 Å². The van der Waals surface area contributed by atoms with Crippen LogP contribution in [0.15, 0.2) is 18.2 Å². The van der Waals surface area contributed by atoms with Gasteiger partial charge in [-0.05, 0) is 45.2 Å². The van der Waals surface area contributed by atoms with E-state index in [1.165, 1.54) is 5.56 Å². The Kier molecular flexibility index (Phi) is 5.08. The molecule has 25 heavy (non-hydrogen) atoms. The van der Waals surface area contributed by atoms with E-state index in [-0.39, 0.29) is 12.1 Å². The number of anilines is 1. The van der Waals surface area contributed by atoms with E-state index in [9.17, 15) is 4.79 Å². The van der Waals surface area contributed by atoms with Crippen LogP contribution in [0.4, 0.5) is 10.5 Å². The molecule has 6 nitrogen and oxygen atoms in total. The van der Waals surface area contributed by atoms with Gasteiger partial charge in [0.1, 0.15) is 18.1 Å². The summed E-state index contributed by atoms with van der Waals surface area (Å²) in [5.74, 6) is 0.840. The highest BCUT2D eigenvalue weighted by Crippen LogP contribution is 2.32. The number of hydrogen-bond donors (Lipinski definition) is 0. The van der Waals surface area contributed by atoms with Gasteiger partial charge in [0.25, 0.3) is 0 Å². The minimum Gasteiger partial charge on any atom is -0.497 e. The molecule has 1 aromatic rings. The molecule has 0 N–H and O–H groups in total. The number of methoxy groups -OCH3 is 1. The van der Waals surface area contributed by atoms with Crippen molar-refractivity contribution < 1.29 is 19.0 Å². The first-order valence-electron chi connectivity index (χ1n) is 8.86. The van der Waals surface area contributed by atoms with Crippen LogP contribution >= 0.6 is 0 Å². The van der Waals surface area contributed by atoms with Crippen LogP contribution in [0.3, 0.4) is 0 Å². The molecule has 138 valence electrons. The number of carbonyl (C=O) groups excluding carboxylic acids is 1. The minimum absolute atomic E-state index is 0.219. The van der Waals surface area contributed by atoms with E-state index < -0.39 is 5.60 Å². The Morgan fingerprint density at radius 3 is 2.84 bits per heavy atom. The van der Waals surface area contributed by atoms with E-state index >= 15 is 0 Å². The number of nitrogens with zero attached hydrogens (tertiary/aromatic N) is 2. The topological polar surface area (TPSA) is 51.2 Å². The molecule has 0 radical (unpaired) electrons. The van der Waals surface area contributed by atoms with Gasteiger partial charge in [-0.2, -0.15) is 0 Å². The van der Waals surface area contributed by atoms with Crippen molar-refractivity contribution in [3.63, 3.8) is 0 Å². The quantitative estimate of drug-likeness (QED) is 0.822. The molecule has 3 rings (SSSR count). The number of benzene rings is 1. The van der Waals surface area contributed by atoms with Crippen molar-refractivity contribution in [2.24, 2.45) is 0 Å². The summed E-state index contributed by atoms with van der Waals surface area (Å²) >= 11 is 0. The Morgan fingerprint density at radius 1 is 1.32 bits per heavy atom. The number of rotatable bonds is 2. The molecule has 0 spiro atoms. The lowest BCUT2D eigenvalue weighted by Gasteiger charge is -2.31. The summed E-state index contributed by atoms with van der Waals surface area (Å²) in [5, 5.41) is 0. The molecule has 1 aromatic carbocycles. The van der Waals surface area contributed by atoms with Gasteiger partial charge in [-0.15, -0.1) is 0 Å². The maximum Gasteiger partial charge on any atom is 0.410 e. The summed E-state index contributed by atoms with van der Waals surface area (Å²) in [4.78, 5) is 16.4. The van der Waals surface area contributed by atoms with Crippen LogP contribution in [-0.2, 0) is 15.9 Å². The molecule has 1 amide bonds. The van der Waals surface area contributed by atoms with Gasteiger partial charge in [0.15, 0.2) is 0 Å². The fraction of sp³-hybridized carbons (Fsp3) is 0.632. The third kappa shape index (κ3) is 4.18. The monoisotopic (exact) mass is 348 g/mol. The minimum atomic E-state index is -0.471. The van der Waals surface area contributed by atoms with Crippen LogP contribution in [0.2, 0.25) is 0 Å². The summed E-state index contributed by atoms with van der Waals surface area (Å²) in [5.41, 5.74) is 1.93. The number of hydrogen-bond acceptors (Lipinski definition) is 5. The van der Waals surface area contributed by atoms with Crippen molar-refractivity contribution in [1.82, 2.24) is 4.90 Å². The molecule has 2 aliphatic heterocycles. The van der Waals surface area contributed by atoms with Crippen LogP contribution < -0.4 is 9.64 Å². The van der Waals surface area contributed by atoms with Crippen LogP contribution in [0, 0.1) is 0 Å². The zero-order valence-electron chi connectivity index (χ0n) is 15.6. The van der Waals surface area contributed by atoms with Gasteiger partial charge in [0, 0.05) is 24.8 Å². The summed E-state index contributed by atoms with van der Waals surface area (Å²) in [6.45, 7) is 8.27. The molecule has 1 saturated heterocycles. The average Bonchev–Trinajstić information content (AvgIpc) is 2.94. The molecule has 0 aliphatic carbocycles. The zero-order valence-corrected chi connectivity index (χ0v) is 15.6. The first-order chi connectivity index (χ1) is 11.9. The average molecular weight is 348 g/mol. The molecule has 6 heteroatoms. The highest BCUT2D eigenvalue weighted by Gasteiger charge is 2.34. The highest BCUT2D eigenvalue weighted by molar-refractivity contribution is 5.69. The van der Waals surface area contributed by atoms with Gasteiger partial charge in [-0.3, -0.25) is 0 Å². The molecular formula is C19H28N2O4. The smallest absolute Gasteiger partial charge is 0.410 e. The van der Waals surface area contributed by atoms with E-state index in [2.05, 4.69) is 17.0 Å². The van der Waals surface area contributed by atoms with E-state index in [0.29, 0.717) is 26.4 Å². The van der Waals surface area contributed by atoms with E-state index in [0.717, 1.165) is 24.3 Å². The molecule has 1 atom stereocenters. The fourth-order valence-corrected chi connectivity index (χ4v) is 3.35. The van der Waals surface area contributed by atoms with Gasteiger partial charge in [0.05, 0.1) is 19.8 Å². The van der Waals surface area contributed by atoms with Crippen LogP contribution in [0.1, 0.15) is 32.8 Å². The Balaban J connectivity index is 1.75. The number of ether oxygens (including phenoxy) is 3. The first kappa shape index (κ1) is 17.9. The number of likely N-dealkylation sites (tertiary alicyclic amines) is 1. The summed E-state index contributed by atoms with van der Waals surface area (Å²) in [7, 11) is 1.68. The Bertz CT molecular complexity index is 626. The molecule has 0 bridgehead atoms. The Morgan fingerprint density at radius 2 is 2.12 bits per heavy atom. The van der Waals surface area contributed by atoms with Crippen molar-refractivity contribution in [3.8, 4) is 5.75 Å². The van der Waals surface area contributed by atoms with Crippen LogP contribution in [0.5, 0.6) is 5.75 Å². The first-order valence-corrected chi connectivity index (χ1v) is 8.86. The fourth-order valence-electron chi connectivity index (χ4n) is 3.35. The van der Waals surface area contributed by atoms with Gasteiger partial charge < -0.3 is 24.0 Å². The van der Waals surface area contributed by atoms with Gasteiger partial charge >= 0.3 is 6.09 Å². The Hall–Kier alpha value is -1.95. The van der Waals surface area contributed by atoms with Gasteiger partial charge in [-0.25, -0.2) is 4.79 Å². The van der Waals surface area contributed by atoms with Crippen molar-refractivity contribution >= 4 is 11.8 Å². The summed E-state index contributed by atoms with van der Waals surface area (Å²) in [6.07, 6.45) is 1.55. The Labute approximate surface area is 149 Å². The molecule has 2 aliphatic rings. The van der Waals surface area contributed by atoms with Crippen LogP contribution in [-0.4, -0.2) is 56.2 Å². The lowest BCUT2D eigenvalue weighted by atomic mass is 10.1. The lowest BCUT2D eigenvalue weighted by molar-refractivity contribution is 0.0290. The third-order valence-corrected chi connectivity index (χ3v) is 4.60. The number of carbonyl (C=O) groups is 1.